The lowest BCUT2D eigenvalue weighted by molar-refractivity contribution is -0.140. The van der Waals surface area contributed by atoms with Crippen molar-refractivity contribution in [3.8, 4) is 0 Å². The van der Waals surface area contributed by atoms with Gasteiger partial charge >= 0.3 is 0 Å². The molecule has 2 heterocycles. The second-order valence-corrected chi connectivity index (χ2v) is 12.2. The predicted octanol–water partition coefficient (Wildman–Crippen LogP) is 4.41. The molecule has 2 unspecified atom stereocenters. The van der Waals surface area contributed by atoms with Crippen LogP contribution in [0.25, 0.3) is 0 Å². The van der Waals surface area contributed by atoms with E-state index < -0.39 is 23.6 Å². The summed E-state index contributed by atoms with van der Waals surface area (Å²) < 4.78 is 0. The minimum Gasteiger partial charge on any atom is -0.358 e. The molecule has 0 radical (unpaired) electrons. The lowest BCUT2D eigenvalue weighted by Crippen LogP contribution is -2.50. The van der Waals surface area contributed by atoms with Crippen molar-refractivity contribution >= 4 is 40.0 Å². The molecule has 0 aromatic carbocycles. The van der Waals surface area contributed by atoms with Crippen molar-refractivity contribution in [1.29, 1.82) is 0 Å². The van der Waals surface area contributed by atoms with Gasteiger partial charge in [-0.05, 0) is 37.5 Å². The average molecular weight is 542 g/mol. The third-order valence-corrected chi connectivity index (χ3v) is 7.45. The molecular weight excluding hydrogens is 490 g/mol. The Bertz CT molecular complexity index is 951. The highest BCUT2D eigenvalue weighted by Crippen LogP contribution is 2.30. The maximum atomic E-state index is 13.3. The van der Waals surface area contributed by atoms with Crippen LogP contribution in [0.15, 0.2) is 5.38 Å². The maximum absolute atomic E-state index is 13.3. The summed E-state index contributed by atoms with van der Waals surface area (Å²) in [6, 6.07) is -0.726. The molecule has 37 heavy (non-hydrogen) atoms. The molecule has 1 aliphatic heterocycles. The van der Waals surface area contributed by atoms with Crippen LogP contribution in [0.2, 0.25) is 0 Å². The van der Waals surface area contributed by atoms with Gasteiger partial charge in [0, 0.05) is 34.7 Å². The third-order valence-electron chi connectivity index (χ3n) is 6.56. The van der Waals surface area contributed by atoms with E-state index in [-0.39, 0.29) is 46.6 Å². The fourth-order valence-electron chi connectivity index (χ4n) is 3.86. The van der Waals surface area contributed by atoms with Gasteiger partial charge in [0.1, 0.15) is 6.04 Å². The number of anilines is 1. The van der Waals surface area contributed by atoms with Gasteiger partial charge in [-0.25, -0.2) is 4.98 Å². The van der Waals surface area contributed by atoms with Gasteiger partial charge in [-0.2, -0.15) is 0 Å². The topological polar surface area (TPSA) is 121 Å². The highest BCUT2D eigenvalue weighted by Gasteiger charge is 2.40. The fourth-order valence-corrected chi connectivity index (χ4v) is 4.61. The Morgan fingerprint density at radius 3 is 2.35 bits per heavy atom. The standard InChI is InChI=1S/C23H35N5O4S.C4H10.3H2/c1-13-8-16(20(31)24-10-17(29)21(32)26-15-6-7-15)28(11-13)19(30)9-18(23(3,4)5)27-22-25-14(2)12-33-22;1-3-4-2;;;/h12-13,15-16,18H,6-11H2,1-5H3,(H,24,31)(H,25,27)(H,26,32);3-4H2,1-2H3;3*1H/t13?,16-,18?;;;;/m0..../s1. The lowest BCUT2D eigenvalue weighted by Gasteiger charge is -2.33. The van der Waals surface area contributed by atoms with Gasteiger partial charge < -0.3 is 20.9 Å². The zero-order valence-corrected chi connectivity index (χ0v) is 24.3. The molecule has 1 aliphatic carbocycles. The summed E-state index contributed by atoms with van der Waals surface area (Å²) in [4.78, 5) is 56.0. The number of hydrogen-bond donors (Lipinski definition) is 3. The molecule has 2 fully saturated rings. The van der Waals surface area contributed by atoms with Crippen molar-refractivity contribution < 1.29 is 23.5 Å². The predicted molar refractivity (Wildman–Crippen MR) is 154 cm³/mol. The van der Waals surface area contributed by atoms with E-state index in [1.165, 1.54) is 24.2 Å². The number of carbonyl (C=O) groups excluding carboxylic acids is 4. The number of thiazole rings is 1. The van der Waals surface area contributed by atoms with Crippen LogP contribution in [0.1, 0.15) is 90.0 Å². The first-order valence-electron chi connectivity index (χ1n) is 13.4. The molecule has 1 aromatic rings. The van der Waals surface area contributed by atoms with Crippen LogP contribution in [-0.4, -0.2) is 64.6 Å². The van der Waals surface area contributed by atoms with E-state index in [2.05, 4.69) is 55.6 Å². The van der Waals surface area contributed by atoms with Crippen molar-refractivity contribution in [3.05, 3.63) is 11.1 Å². The zero-order chi connectivity index (χ0) is 27.8. The Hall–Kier alpha value is -2.49. The van der Waals surface area contributed by atoms with Crippen molar-refractivity contribution in [2.45, 2.75) is 105 Å². The second-order valence-electron chi connectivity index (χ2n) is 11.4. The van der Waals surface area contributed by atoms with Crippen LogP contribution in [0.3, 0.4) is 0 Å². The van der Waals surface area contributed by atoms with Crippen molar-refractivity contribution in [3.63, 3.8) is 0 Å². The molecule has 3 N–H and O–H groups in total. The minimum absolute atomic E-state index is 0. The number of rotatable bonds is 10. The molecule has 0 bridgehead atoms. The molecule has 1 saturated heterocycles. The second kappa shape index (κ2) is 13.9. The van der Waals surface area contributed by atoms with E-state index in [0.717, 1.165) is 23.7 Å². The molecule has 1 aromatic heterocycles. The van der Waals surface area contributed by atoms with E-state index in [1.54, 1.807) is 4.90 Å². The van der Waals surface area contributed by atoms with E-state index in [9.17, 15) is 19.2 Å². The smallest absolute Gasteiger partial charge is 0.289 e. The molecule has 2 aliphatic rings. The molecular formula is C27H51N5O4S. The number of nitrogens with one attached hydrogen (secondary N) is 3. The van der Waals surface area contributed by atoms with Crippen molar-refractivity contribution in [1.82, 2.24) is 20.5 Å². The maximum Gasteiger partial charge on any atom is 0.289 e. The summed E-state index contributed by atoms with van der Waals surface area (Å²) in [5, 5.41) is 11.3. The first-order chi connectivity index (χ1) is 17.3. The summed E-state index contributed by atoms with van der Waals surface area (Å²) in [5.41, 5.74) is 0.714. The van der Waals surface area contributed by atoms with Gasteiger partial charge in [0.15, 0.2) is 5.13 Å². The number of likely N-dealkylation sites (tertiary alicyclic amines) is 1. The van der Waals surface area contributed by atoms with Crippen LogP contribution < -0.4 is 16.0 Å². The summed E-state index contributed by atoms with van der Waals surface area (Å²) in [5.74, 6) is -1.67. The largest absolute Gasteiger partial charge is 0.358 e. The SMILES string of the molecule is CCCC.Cc1csc(NC(CC(=O)N2CC(C)C[C@H]2C(=O)NCC(=O)C(=O)NC2CC2)C(C)(C)C)n1.[HH].[HH].[HH]. The van der Waals surface area contributed by atoms with Crippen LogP contribution >= 0.6 is 11.3 Å². The Balaban J connectivity index is 0. The number of carbonyl (C=O) groups is 4. The molecule has 9 nitrogen and oxygen atoms in total. The van der Waals surface area contributed by atoms with E-state index in [4.69, 9.17) is 0 Å². The van der Waals surface area contributed by atoms with Crippen LogP contribution in [0.5, 0.6) is 0 Å². The van der Waals surface area contributed by atoms with E-state index >= 15 is 0 Å². The van der Waals surface area contributed by atoms with Crippen molar-refractivity contribution in [2.24, 2.45) is 11.3 Å². The number of unbranched alkanes of at least 4 members (excludes halogenated alkanes) is 1. The van der Waals surface area contributed by atoms with Gasteiger partial charge in [-0.3, -0.25) is 19.2 Å². The van der Waals surface area contributed by atoms with E-state index in [0.29, 0.717) is 13.0 Å². The van der Waals surface area contributed by atoms with Gasteiger partial charge in [-0.1, -0.05) is 54.4 Å². The molecule has 3 rings (SSSR count). The van der Waals surface area contributed by atoms with Crippen LogP contribution in [-0.2, 0) is 19.2 Å². The number of aromatic nitrogens is 1. The molecule has 3 atom stereocenters. The number of Topliss-reactive ketones (excluding diaryl/α,β-unsaturated/α-hetero) is 1. The van der Waals surface area contributed by atoms with Gasteiger partial charge in [-0.15, -0.1) is 11.3 Å². The number of nitrogens with zero attached hydrogens (tertiary/aromatic N) is 2. The highest BCUT2D eigenvalue weighted by atomic mass is 32.1. The van der Waals surface area contributed by atoms with Crippen molar-refractivity contribution in [2.75, 3.05) is 18.4 Å². The molecule has 3 amide bonds. The molecule has 214 valence electrons. The molecule has 10 heteroatoms. The average Bonchev–Trinajstić information content (AvgIpc) is 3.41. The number of ketones is 1. The van der Waals surface area contributed by atoms with Gasteiger partial charge in [0.2, 0.25) is 17.6 Å². The first kappa shape index (κ1) is 30.7. The summed E-state index contributed by atoms with van der Waals surface area (Å²) in [7, 11) is 0. The molecule has 1 saturated carbocycles. The Labute approximate surface area is 230 Å². The van der Waals surface area contributed by atoms with Gasteiger partial charge in [0.25, 0.3) is 5.91 Å². The lowest BCUT2D eigenvalue weighted by atomic mass is 9.84. The van der Waals surface area contributed by atoms with E-state index in [1.807, 2.05) is 19.2 Å². The fraction of sp³-hybridized carbons (Fsp3) is 0.741. The van der Waals surface area contributed by atoms with Crippen LogP contribution in [0.4, 0.5) is 5.13 Å². The summed E-state index contributed by atoms with van der Waals surface area (Å²) in [6.07, 6.45) is 5.16. The Morgan fingerprint density at radius 1 is 1.19 bits per heavy atom. The Morgan fingerprint density at radius 2 is 1.84 bits per heavy atom. The number of aryl methyl sites for hydroxylation is 1. The first-order valence-corrected chi connectivity index (χ1v) is 14.3. The summed E-state index contributed by atoms with van der Waals surface area (Å²) in [6.45, 7) is 14.6. The highest BCUT2D eigenvalue weighted by molar-refractivity contribution is 7.13. The quantitative estimate of drug-likeness (QED) is 0.377. The number of hydrogen-bond acceptors (Lipinski definition) is 7. The summed E-state index contributed by atoms with van der Waals surface area (Å²) >= 11 is 1.50. The minimum atomic E-state index is -0.671. The number of amides is 3. The normalized spacial score (nSPS) is 19.9. The third kappa shape index (κ3) is 10.1. The monoisotopic (exact) mass is 541 g/mol. The zero-order valence-electron chi connectivity index (χ0n) is 23.5. The van der Waals surface area contributed by atoms with Gasteiger partial charge in [0.05, 0.1) is 12.2 Å². The van der Waals surface area contributed by atoms with Crippen LogP contribution in [0, 0.1) is 18.3 Å². The molecule has 0 spiro atoms. The Kier molecular flexibility index (Phi) is 11.5.